The molecule has 0 aromatic heterocycles. The Kier molecular flexibility index (Phi) is 4.82. The van der Waals surface area contributed by atoms with E-state index in [1.165, 1.54) is 0 Å². The summed E-state index contributed by atoms with van der Waals surface area (Å²) in [5, 5.41) is 15.2. The molecule has 4 nitrogen and oxygen atoms in total. The van der Waals surface area contributed by atoms with Gasteiger partial charge in [0.1, 0.15) is 5.75 Å². The molecule has 1 amide bonds. The molecule has 3 aromatic carbocycles. The number of piperazine rings is 1. The van der Waals surface area contributed by atoms with Crippen LogP contribution in [0.25, 0.3) is 21.9 Å². The molecule has 0 bridgehead atoms. The van der Waals surface area contributed by atoms with Crippen LogP contribution in [0.1, 0.15) is 22.8 Å². The minimum Gasteiger partial charge on any atom is -0.508 e. The molecule has 3 aromatic rings. The quantitative estimate of drug-likeness (QED) is 0.747. The van der Waals surface area contributed by atoms with Crippen molar-refractivity contribution in [1.82, 2.24) is 10.2 Å². The highest BCUT2D eigenvalue weighted by molar-refractivity contribution is 6.11. The molecule has 0 atom stereocenters. The number of amides is 1. The van der Waals surface area contributed by atoms with Gasteiger partial charge < -0.3 is 15.3 Å². The third-order valence-corrected chi connectivity index (χ3v) is 5.32. The number of carbonyl (C=O) groups excluding carboxylic acids is 1. The first-order valence-corrected chi connectivity index (χ1v) is 9.53. The average Bonchev–Trinajstić information content (AvgIpc) is 2.73. The first-order chi connectivity index (χ1) is 13.2. The summed E-state index contributed by atoms with van der Waals surface area (Å²) in [5.41, 5.74) is 4.06. The second-order valence-electron chi connectivity index (χ2n) is 6.94. The van der Waals surface area contributed by atoms with E-state index in [1.807, 2.05) is 47.4 Å². The van der Waals surface area contributed by atoms with Gasteiger partial charge in [0.2, 0.25) is 0 Å². The SMILES string of the molecule is CCc1cc(O)ccc1-c1ccc(C(=O)N2CCNCC2)c2ccccc12. The maximum absolute atomic E-state index is 13.1. The van der Waals surface area contributed by atoms with E-state index in [0.717, 1.165) is 65.6 Å². The molecule has 0 spiro atoms. The molecule has 1 fully saturated rings. The van der Waals surface area contributed by atoms with Crippen molar-refractivity contribution in [2.45, 2.75) is 13.3 Å². The van der Waals surface area contributed by atoms with Gasteiger partial charge in [0.25, 0.3) is 5.91 Å². The molecule has 4 heteroatoms. The molecule has 27 heavy (non-hydrogen) atoms. The molecule has 1 aliphatic rings. The fourth-order valence-corrected chi connectivity index (χ4v) is 3.89. The number of aryl methyl sites for hydroxylation is 1. The fourth-order valence-electron chi connectivity index (χ4n) is 3.89. The second-order valence-corrected chi connectivity index (χ2v) is 6.94. The molecule has 138 valence electrons. The topological polar surface area (TPSA) is 52.6 Å². The summed E-state index contributed by atoms with van der Waals surface area (Å²) >= 11 is 0. The third-order valence-electron chi connectivity index (χ3n) is 5.32. The lowest BCUT2D eigenvalue weighted by Crippen LogP contribution is -2.46. The predicted molar refractivity (Wildman–Crippen MR) is 109 cm³/mol. The van der Waals surface area contributed by atoms with Crippen molar-refractivity contribution < 1.29 is 9.90 Å². The second kappa shape index (κ2) is 7.41. The standard InChI is InChI=1S/C23H24N2O2/c1-2-16-15-17(26)7-8-18(16)21-9-10-22(20-6-4-3-5-19(20)21)23(27)25-13-11-24-12-14-25/h3-10,15,24,26H,2,11-14H2,1H3. The number of phenolic OH excluding ortho intramolecular Hbond substituents is 1. The number of nitrogens with zero attached hydrogens (tertiary/aromatic N) is 1. The summed E-state index contributed by atoms with van der Waals surface area (Å²) in [4.78, 5) is 15.0. The van der Waals surface area contributed by atoms with Crippen LogP contribution in [0.15, 0.2) is 54.6 Å². The van der Waals surface area contributed by atoms with Gasteiger partial charge in [-0.15, -0.1) is 0 Å². The van der Waals surface area contributed by atoms with Crippen LogP contribution in [0.2, 0.25) is 0 Å². The van der Waals surface area contributed by atoms with Crippen molar-refractivity contribution in [3.63, 3.8) is 0 Å². The Morgan fingerprint density at radius 3 is 2.44 bits per heavy atom. The summed E-state index contributed by atoms with van der Waals surface area (Å²) in [6.45, 7) is 5.26. The maximum atomic E-state index is 13.1. The zero-order valence-corrected chi connectivity index (χ0v) is 15.5. The van der Waals surface area contributed by atoms with E-state index in [4.69, 9.17) is 0 Å². The van der Waals surface area contributed by atoms with Crippen molar-refractivity contribution in [3.8, 4) is 16.9 Å². The number of benzene rings is 3. The molecular formula is C23H24N2O2. The van der Waals surface area contributed by atoms with Gasteiger partial charge in [-0.1, -0.05) is 43.3 Å². The van der Waals surface area contributed by atoms with E-state index in [-0.39, 0.29) is 11.7 Å². The number of nitrogens with one attached hydrogen (secondary N) is 1. The summed E-state index contributed by atoms with van der Waals surface area (Å²) in [7, 11) is 0. The lowest BCUT2D eigenvalue weighted by Gasteiger charge is -2.28. The first kappa shape index (κ1) is 17.6. The van der Waals surface area contributed by atoms with Gasteiger partial charge in [-0.2, -0.15) is 0 Å². The summed E-state index contributed by atoms with van der Waals surface area (Å²) < 4.78 is 0. The largest absolute Gasteiger partial charge is 0.508 e. The minimum absolute atomic E-state index is 0.0978. The van der Waals surface area contributed by atoms with Gasteiger partial charge in [-0.3, -0.25) is 4.79 Å². The van der Waals surface area contributed by atoms with Crippen LogP contribution < -0.4 is 5.32 Å². The van der Waals surface area contributed by atoms with E-state index < -0.39 is 0 Å². The molecule has 0 aliphatic carbocycles. The van der Waals surface area contributed by atoms with Crippen molar-refractivity contribution >= 4 is 16.7 Å². The Hall–Kier alpha value is -2.85. The fraction of sp³-hybridized carbons (Fsp3) is 0.261. The number of hydrogen-bond acceptors (Lipinski definition) is 3. The van der Waals surface area contributed by atoms with Gasteiger partial charge in [-0.05, 0) is 52.1 Å². The highest BCUT2D eigenvalue weighted by Crippen LogP contribution is 2.35. The Morgan fingerprint density at radius 2 is 1.70 bits per heavy atom. The van der Waals surface area contributed by atoms with Crippen molar-refractivity contribution in [3.05, 3.63) is 65.7 Å². The van der Waals surface area contributed by atoms with Crippen LogP contribution in [0, 0.1) is 0 Å². The Labute approximate surface area is 159 Å². The Bertz CT molecular complexity index is 991. The number of rotatable bonds is 3. The van der Waals surface area contributed by atoms with Crippen LogP contribution in [0.5, 0.6) is 5.75 Å². The molecule has 0 saturated carbocycles. The van der Waals surface area contributed by atoms with Crippen molar-refractivity contribution in [1.29, 1.82) is 0 Å². The number of hydrogen-bond donors (Lipinski definition) is 2. The zero-order chi connectivity index (χ0) is 18.8. The molecule has 0 radical (unpaired) electrons. The molecule has 4 rings (SSSR count). The molecule has 2 N–H and O–H groups in total. The van der Waals surface area contributed by atoms with E-state index in [9.17, 15) is 9.90 Å². The van der Waals surface area contributed by atoms with Crippen LogP contribution in [-0.4, -0.2) is 42.1 Å². The number of aromatic hydroxyl groups is 1. The highest BCUT2D eigenvalue weighted by atomic mass is 16.3. The van der Waals surface area contributed by atoms with E-state index >= 15 is 0 Å². The van der Waals surface area contributed by atoms with Crippen molar-refractivity contribution in [2.24, 2.45) is 0 Å². The lowest BCUT2D eigenvalue weighted by molar-refractivity contribution is 0.0738. The van der Waals surface area contributed by atoms with Crippen LogP contribution >= 0.6 is 0 Å². The molecular weight excluding hydrogens is 336 g/mol. The van der Waals surface area contributed by atoms with Gasteiger partial charge >= 0.3 is 0 Å². The van der Waals surface area contributed by atoms with E-state index in [2.05, 4.69) is 18.3 Å². The number of carbonyl (C=O) groups is 1. The normalized spacial score (nSPS) is 14.5. The van der Waals surface area contributed by atoms with Crippen molar-refractivity contribution in [2.75, 3.05) is 26.2 Å². The molecule has 1 aliphatic heterocycles. The Morgan fingerprint density at radius 1 is 1.00 bits per heavy atom. The number of fused-ring (bicyclic) bond motifs is 1. The molecule has 1 saturated heterocycles. The highest BCUT2D eigenvalue weighted by Gasteiger charge is 2.21. The Balaban J connectivity index is 1.85. The minimum atomic E-state index is 0.0978. The molecule has 0 unspecified atom stereocenters. The molecule has 1 heterocycles. The smallest absolute Gasteiger partial charge is 0.254 e. The van der Waals surface area contributed by atoms with Crippen LogP contribution in [0.4, 0.5) is 0 Å². The first-order valence-electron chi connectivity index (χ1n) is 9.53. The van der Waals surface area contributed by atoms with Gasteiger partial charge in [0.15, 0.2) is 0 Å². The van der Waals surface area contributed by atoms with Gasteiger partial charge in [0, 0.05) is 31.7 Å². The van der Waals surface area contributed by atoms with Gasteiger partial charge in [0.05, 0.1) is 0 Å². The lowest BCUT2D eigenvalue weighted by atomic mass is 9.91. The van der Waals surface area contributed by atoms with Crippen LogP contribution in [0.3, 0.4) is 0 Å². The van der Waals surface area contributed by atoms with E-state index in [0.29, 0.717) is 0 Å². The van der Waals surface area contributed by atoms with E-state index in [1.54, 1.807) is 6.07 Å². The monoisotopic (exact) mass is 360 g/mol. The third kappa shape index (κ3) is 3.28. The summed E-state index contributed by atoms with van der Waals surface area (Å²) in [6, 6.07) is 17.6. The van der Waals surface area contributed by atoms with Gasteiger partial charge in [-0.25, -0.2) is 0 Å². The zero-order valence-electron chi connectivity index (χ0n) is 15.5. The maximum Gasteiger partial charge on any atom is 0.254 e. The summed E-state index contributed by atoms with van der Waals surface area (Å²) in [5.74, 6) is 0.381. The predicted octanol–water partition coefficient (Wildman–Crippen LogP) is 3.82. The average molecular weight is 360 g/mol. The number of phenols is 1. The summed E-state index contributed by atoms with van der Waals surface area (Å²) in [6.07, 6.45) is 0.833. The van der Waals surface area contributed by atoms with Crippen LogP contribution in [-0.2, 0) is 6.42 Å².